The van der Waals surface area contributed by atoms with Gasteiger partial charge in [-0.1, -0.05) is 63.4 Å². The lowest BCUT2D eigenvalue weighted by molar-refractivity contribution is -0.153. The number of nitrogens with one attached hydrogen (secondary N) is 1. The van der Waals surface area contributed by atoms with E-state index in [1.54, 1.807) is 6.92 Å². The molecule has 1 atom stereocenters. The van der Waals surface area contributed by atoms with Crippen LogP contribution >= 0.6 is 0 Å². The Morgan fingerprint density at radius 1 is 1.14 bits per heavy atom. The second-order valence-electron chi connectivity index (χ2n) is 11.4. The molecule has 2 aromatic rings. The van der Waals surface area contributed by atoms with Crippen LogP contribution in [0.25, 0.3) is 0 Å². The summed E-state index contributed by atoms with van der Waals surface area (Å²) in [5, 5.41) is 16.0. The van der Waals surface area contributed by atoms with Crippen LogP contribution < -0.4 is 10.1 Å². The van der Waals surface area contributed by atoms with Crippen LogP contribution in [0.5, 0.6) is 5.75 Å². The Kier molecular flexibility index (Phi) is 14.4. The molecule has 1 fully saturated rings. The topological polar surface area (TPSA) is 145 Å². The van der Waals surface area contributed by atoms with Gasteiger partial charge >= 0.3 is 12.1 Å². The molecule has 0 aliphatic heterocycles. The molecule has 1 aliphatic rings. The van der Waals surface area contributed by atoms with Crippen LogP contribution in [0.15, 0.2) is 16.8 Å². The lowest BCUT2D eigenvalue weighted by atomic mass is 9.80. The first-order chi connectivity index (χ1) is 20.1. The zero-order valence-corrected chi connectivity index (χ0v) is 26.3. The SMILES string of the molecule is CCCCCCCCCCNC(C)(CS(C)(=O)=O)c1noc(C)n1.O=C(O)c1cc(OCC(F)(F)F)c(C2CCC2)cn1. The van der Waals surface area contributed by atoms with Crippen molar-refractivity contribution in [3.8, 4) is 5.75 Å². The number of nitrogens with zero attached hydrogens (tertiary/aromatic N) is 3. The van der Waals surface area contributed by atoms with E-state index in [2.05, 4.69) is 27.4 Å². The maximum Gasteiger partial charge on any atom is 0.422 e. The number of pyridine rings is 1. The Morgan fingerprint density at radius 3 is 2.26 bits per heavy atom. The highest BCUT2D eigenvalue weighted by Gasteiger charge is 2.35. The lowest BCUT2D eigenvalue weighted by Gasteiger charge is -2.27. The summed E-state index contributed by atoms with van der Waals surface area (Å²) in [7, 11) is -3.17. The average Bonchev–Trinajstić information content (AvgIpc) is 3.32. The summed E-state index contributed by atoms with van der Waals surface area (Å²) in [5.41, 5.74) is -0.576. The number of alkyl halides is 3. The van der Waals surface area contributed by atoms with Crippen molar-refractivity contribution >= 4 is 15.8 Å². The number of aryl methyl sites for hydroxylation is 1. The van der Waals surface area contributed by atoms with Gasteiger partial charge < -0.3 is 19.7 Å². The molecular weight excluding hydrogens is 589 g/mol. The average molecular weight is 635 g/mol. The minimum absolute atomic E-state index is 0.0329. The molecule has 0 aromatic carbocycles. The molecule has 3 rings (SSSR count). The summed E-state index contributed by atoms with van der Waals surface area (Å²) in [5.74, 6) is -0.413. The summed E-state index contributed by atoms with van der Waals surface area (Å²) in [6.45, 7) is 5.06. The number of sulfone groups is 1. The van der Waals surface area contributed by atoms with E-state index in [4.69, 9.17) is 14.4 Å². The molecule has 0 saturated heterocycles. The van der Waals surface area contributed by atoms with Gasteiger partial charge in [-0.05, 0) is 38.6 Å². The highest BCUT2D eigenvalue weighted by atomic mass is 32.2. The number of halogens is 3. The van der Waals surface area contributed by atoms with Gasteiger partial charge in [0.2, 0.25) is 5.89 Å². The van der Waals surface area contributed by atoms with Crippen LogP contribution in [-0.4, -0.2) is 66.0 Å². The molecule has 10 nitrogen and oxygen atoms in total. The number of aromatic nitrogens is 3. The van der Waals surface area contributed by atoms with E-state index >= 15 is 0 Å². The summed E-state index contributed by atoms with van der Waals surface area (Å²) >= 11 is 0. The first-order valence-corrected chi connectivity index (χ1v) is 16.9. The standard InChI is InChI=1S/C17H33N3O3S.C12H12F3NO3/c1-5-6-7-8-9-10-11-12-13-18-17(3,14-24(4,21)22)16-19-15(2)23-20-16;13-12(14,15)6-19-10-4-9(11(17)18)16-5-8(10)7-2-1-3-7/h18H,5-14H2,1-4H3;4-5,7H,1-3,6H2,(H,17,18). The Labute approximate surface area is 252 Å². The van der Waals surface area contributed by atoms with Crippen LogP contribution in [0.3, 0.4) is 0 Å². The molecule has 0 amide bonds. The van der Waals surface area contributed by atoms with Crippen LogP contribution in [0.1, 0.15) is 118 Å². The maximum atomic E-state index is 12.2. The van der Waals surface area contributed by atoms with Crippen LogP contribution in [0.4, 0.5) is 13.2 Å². The van der Waals surface area contributed by atoms with Gasteiger partial charge in [-0.2, -0.15) is 18.2 Å². The van der Waals surface area contributed by atoms with Crippen molar-refractivity contribution in [3.05, 3.63) is 35.2 Å². The first kappa shape index (κ1) is 36.5. The number of hydrogen-bond donors (Lipinski definition) is 2. The molecule has 2 N–H and O–H groups in total. The number of aromatic carboxylic acids is 1. The zero-order valence-electron chi connectivity index (χ0n) is 25.5. The second kappa shape index (κ2) is 16.9. The number of carbonyl (C=O) groups is 1. The molecule has 2 aromatic heterocycles. The minimum atomic E-state index is -4.45. The van der Waals surface area contributed by atoms with Crippen LogP contribution in [0.2, 0.25) is 0 Å². The Bertz CT molecular complexity index is 1250. The molecule has 1 aliphatic carbocycles. The van der Waals surface area contributed by atoms with Crippen LogP contribution in [-0.2, 0) is 15.4 Å². The zero-order chi connectivity index (χ0) is 32.1. The third-order valence-corrected chi connectivity index (χ3v) is 8.27. The van der Waals surface area contributed by atoms with E-state index < -0.39 is 34.1 Å². The molecule has 1 unspecified atom stereocenters. The van der Waals surface area contributed by atoms with Crippen molar-refractivity contribution in [2.75, 3.05) is 25.2 Å². The minimum Gasteiger partial charge on any atom is -0.484 e. The molecule has 0 spiro atoms. The van der Waals surface area contributed by atoms with E-state index in [9.17, 15) is 26.4 Å². The summed E-state index contributed by atoms with van der Waals surface area (Å²) in [6.07, 6.45) is 10.7. The van der Waals surface area contributed by atoms with Gasteiger partial charge in [0.05, 0.1) is 11.3 Å². The Balaban J connectivity index is 0.000000307. The highest BCUT2D eigenvalue weighted by molar-refractivity contribution is 7.90. The smallest absolute Gasteiger partial charge is 0.422 e. The molecule has 1 saturated carbocycles. The summed E-state index contributed by atoms with van der Waals surface area (Å²) < 4.78 is 69.8. The van der Waals surface area contributed by atoms with E-state index in [1.165, 1.54) is 51.0 Å². The predicted octanol–water partition coefficient (Wildman–Crippen LogP) is 6.36. The van der Waals surface area contributed by atoms with Crippen molar-refractivity contribution in [2.24, 2.45) is 0 Å². The van der Waals surface area contributed by atoms with Gasteiger partial charge in [-0.25, -0.2) is 18.2 Å². The maximum absolute atomic E-state index is 12.2. The quantitative estimate of drug-likeness (QED) is 0.189. The third-order valence-electron chi connectivity index (χ3n) is 7.17. The van der Waals surface area contributed by atoms with Gasteiger partial charge in [0.1, 0.15) is 15.6 Å². The molecule has 14 heteroatoms. The summed E-state index contributed by atoms with van der Waals surface area (Å²) in [4.78, 5) is 18.7. The fourth-order valence-electron chi connectivity index (χ4n) is 4.74. The van der Waals surface area contributed by atoms with E-state index in [0.29, 0.717) is 17.3 Å². The monoisotopic (exact) mass is 634 g/mol. The molecule has 244 valence electrons. The van der Waals surface area contributed by atoms with Crippen molar-refractivity contribution in [1.82, 2.24) is 20.4 Å². The second-order valence-corrected chi connectivity index (χ2v) is 13.5. The Morgan fingerprint density at radius 2 is 1.77 bits per heavy atom. The van der Waals surface area contributed by atoms with Crippen LogP contribution in [0, 0.1) is 6.92 Å². The van der Waals surface area contributed by atoms with Gasteiger partial charge in [0, 0.05) is 31.0 Å². The summed E-state index contributed by atoms with van der Waals surface area (Å²) in [6, 6.07) is 1.06. The van der Waals surface area contributed by atoms with Gasteiger partial charge in [0.15, 0.2) is 18.1 Å². The van der Waals surface area contributed by atoms with Gasteiger partial charge in [-0.15, -0.1) is 0 Å². The van der Waals surface area contributed by atoms with Crippen molar-refractivity contribution in [2.45, 2.75) is 109 Å². The number of carboxylic acid groups (broad SMARTS) is 1. The molecular formula is C29H45F3N4O6S. The van der Waals surface area contributed by atoms with Gasteiger partial charge in [-0.3, -0.25) is 0 Å². The largest absolute Gasteiger partial charge is 0.484 e. The van der Waals surface area contributed by atoms with Gasteiger partial charge in [0.25, 0.3) is 0 Å². The highest BCUT2D eigenvalue weighted by Crippen LogP contribution is 2.41. The van der Waals surface area contributed by atoms with Crippen molar-refractivity contribution in [1.29, 1.82) is 0 Å². The van der Waals surface area contributed by atoms with E-state index in [1.807, 2.05) is 6.92 Å². The lowest BCUT2D eigenvalue weighted by Crippen LogP contribution is -2.46. The van der Waals surface area contributed by atoms with E-state index in [0.717, 1.165) is 44.7 Å². The third kappa shape index (κ3) is 13.6. The number of rotatable bonds is 17. The fraction of sp³-hybridized carbons (Fsp3) is 0.724. The molecule has 43 heavy (non-hydrogen) atoms. The number of ether oxygens (including phenoxy) is 1. The molecule has 0 radical (unpaired) electrons. The van der Waals surface area contributed by atoms with E-state index in [-0.39, 0.29) is 23.1 Å². The fourth-order valence-corrected chi connectivity index (χ4v) is 6.02. The number of unbranched alkanes of at least 4 members (excludes halogenated alkanes) is 7. The molecule has 2 heterocycles. The van der Waals surface area contributed by atoms with Crippen molar-refractivity contribution in [3.63, 3.8) is 0 Å². The normalized spacial score (nSPS) is 15.2. The molecule has 0 bridgehead atoms. The first-order valence-electron chi connectivity index (χ1n) is 14.8. The number of carboxylic acids is 1. The Hall–Kier alpha value is -2.74. The number of hydrogen-bond acceptors (Lipinski definition) is 9. The predicted molar refractivity (Wildman–Crippen MR) is 156 cm³/mol. The van der Waals surface area contributed by atoms with Crippen molar-refractivity contribution < 1.29 is 40.8 Å².